The Morgan fingerprint density at radius 3 is 3.00 bits per heavy atom. The van der Waals surface area contributed by atoms with Crippen molar-refractivity contribution >= 4 is 11.8 Å². The lowest BCUT2D eigenvalue weighted by atomic mass is 10.1. The standard InChI is InChI=1S/C16H23N3O4/c1-3-7-23-16-12(5-4-6-17-16)9-18-15(22)14-8-13(21)10-19(14)11(2)20/h4-6,13-14,21H,3,7-10H2,1-2H3,(H,18,22)/t13-,14-/m1/s1. The van der Waals surface area contributed by atoms with Crippen molar-refractivity contribution in [3.8, 4) is 5.88 Å². The summed E-state index contributed by atoms with van der Waals surface area (Å²) < 4.78 is 5.55. The van der Waals surface area contributed by atoms with Crippen molar-refractivity contribution in [2.75, 3.05) is 13.2 Å². The molecule has 1 aromatic rings. The van der Waals surface area contributed by atoms with Gasteiger partial charge in [0, 0.05) is 38.2 Å². The van der Waals surface area contributed by atoms with Crippen molar-refractivity contribution in [1.82, 2.24) is 15.2 Å². The maximum Gasteiger partial charge on any atom is 0.243 e. The molecule has 2 N–H and O–H groups in total. The zero-order valence-corrected chi connectivity index (χ0v) is 13.5. The molecule has 2 atom stereocenters. The van der Waals surface area contributed by atoms with Crippen LogP contribution in [-0.2, 0) is 16.1 Å². The van der Waals surface area contributed by atoms with Crippen LogP contribution in [0.2, 0.25) is 0 Å². The molecule has 1 aliphatic rings. The van der Waals surface area contributed by atoms with Crippen molar-refractivity contribution in [3.05, 3.63) is 23.9 Å². The number of nitrogens with one attached hydrogen (secondary N) is 1. The number of β-amino-alcohol motifs (C(OH)–C–C–N with tert-alkyl or cyclic N) is 1. The number of aliphatic hydroxyl groups excluding tert-OH is 1. The molecule has 0 aromatic carbocycles. The van der Waals surface area contributed by atoms with E-state index in [9.17, 15) is 14.7 Å². The van der Waals surface area contributed by atoms with E-state index in [0.717, 1.165) is 12.0 Å². The highest BCUT2D eigenvalue weighted by Crippen LogP contribution is 2.19. The first-order chi connectivity index (χ1) is 11.0. The number of carbonyl (C=O) groups excluding carboxylic acids is 2. The zero-order valence-electron chi connectivity index (χ0n) is 13.5. The maximum absolute atomic E-state index is 12.3. The van der Waals surface area contributed by atoms with Crippen molar-refractivity contribution in [3.63, 3.8) is 0 Å². The molecule has 23 heavy (non-hydrogen) atoms. The molecule has 7 heteroatoms. The predicted octanol–water partition coefficient (Wildman–Crippen LogP) is 0.468. The maximum atomic E-state index is 12.3. The molecule has 2 amide bonds. The minimum atomic E-state index is -0.656. The Hall–Kier alpha value is -2.15. The molecule has 7 nitrogen and oxygen atoms in total. The van der Waals surface area contributed by atoms with Crippen LogP contribution in [0, 0.1) is 0 Å². The molecule has 2 heterocycles. The minimum absolute atomic E-state index is 0.200. The number of nitrogens with zero attached hydrogens (tertiary/aromatic N) is 2. The van der Waals surface area contributed by atoms with E-state index < -0.39 is 12.1 Å². The SMILES string of the molecule is CCCOc1ncccc1CNC(=O)[C@H]1C[C@@H](O)CN1C(C)=O. The number of likely N-dealkylation sites (tertiary alicyclic amines) is 1. The number of aliphatic hydroxyl groups is 1. The van der Waals surface area contributed by atoms with Crippen molar-refractivity contribution in [1.29, 1.82) is 0 Å². The number of rotatable bonds is 6. The van der Waals surface area contributed by atoms with Crippen LogP contribution in [0.25, 0.3) is 0 Å². The third kappa shape index (κ3) is 4.41. The van der Waals surface area contributed by atoms with Gasteiger partial charge in [-0.3, -0.25) is 9.59 Å². The second-order valence-corrected chi connectivity index (χ2v) is 5.61. The van der Waals surface area contributed by atoms with Crippen LogP contribution in [0.4, 0.5) is 0 Å². The molecule has 0 unspecified atom stereocenters. The van der Waals surface area contributed by atoms with Gasteiger partial charge in [-0.2, -0.15) is 0 Å². The lowest BCUT2D eigenvalue weighted by molar-refractivity contribution is -0.137. The quantitative estimate of drug-likeness (QED) is 0.794. The lowest BCUT2D eigenvalue weighted by Crippen LogP contribution is -2.44. The van der Waals surface area contributed by atoms with Crippen LogP contribution in [0.1, 0.15) is 32.3 Å². The zero-order chi connectivity index (χ0) is 16.8. The summed E-state index contributed by atoms with van der Waals surface area (Å²) in [5.41, 5.74) is 0.780. The average Bonchev–Trinajstić information content (AvgIpc) is 2.93. The number of ether oxygens (including phenoxy) is 1. The number of carbonyl (C=O) groups is 2. The predicted molar refractivity (Wildman–Crippen MR) is 83.7 cm³/mol. The highest BCUT2D eigenvalue weighted by atomic mass is 16.5. The number of amides is 2. The summed E-state index contributed by atoms with van der Waals surface area (Å²) in [5.74, 6) is 0.0154. The molecule has 0 saturated carbocycles. The highest BCUT2D eigenvalue weighted by Gasteiger charge is 2.37. The van der Waals surface area contributed by atoms with E-state index in [2.05, 4.69) is 10.3 Å². The highest BCUT2D eigenvalue weighted by molar-refractivity contribution is 5.87. The number of pyridine rings is 1. The normalized spacial score (nSPS) is 20.4. The molecule has 2 rings (SSSR count). The second-order valence-electron chi connectivity index (χ2n) is 5.61. The lowest BCUT2D eigenvalue weighted by Gasteiger charge is -2.22. The van der Waals surface area contributed by atoms with E-state index in [0.29, 0.717) is 12.5 Å². The fraction of sp³-hybridized carbons (Fsp3) is 0.562. The van der Waals surface area contributed by atoms with Gasteiger partial charge in [0.2, 0.25) is 17.7 Å². The number of aromatic nitrogens is 1. The van der Waals surface area contributed by atoms with Gasteiger partial charge in [0.15, 0.2) is 0 Å². The Labute approximate surface area is 135 Å². The molecular weight excluding hydrogens is 298 g/mol. The summed E-state index contributed by atoms with van der Waals surface area (Å²) in [7, 11) is 0. The summed E-state index contributed by atoms with van der Waals surface area (Å²) >= 11 is 0. The third-order valence-corrected chi connectivity index (χ3v) is 3.73. The Bertz CT molecular complexity index is 564. The molecular formula is C16H23N3O4. The molecule has 0 aliphatic carbocycles. The summed E-state index contributed by atoms with van der Waals surface area (Å²) in [6.07, 6.45) is 2.12. The van der Waals surface area contributed by atoms with Gasteiger partial charge in [-0.1, -0.05) is 13.0 Å². The Balaban J connectivity index is 1.98. The molecule has 0 spiro atoms. The molecule has 0 bridgehead atoms. The van der Waals surface area contributed by atoms with Crippen LogP contribution < -0.4 is 10.1 Å². The summed E-state index contributed by atoms with van der Waals surface area (Å²) in [5, 5.41) is 12.5. The fourth-order valence-electron chi connectivity index (χ4n) is 2.60. The largest absolute Gasteiger partial charge is 0.477 e. The first-order valence-electron chi connectivity index (χ1n) is 7.82. The molecule has 126 valence electrons. The van der Waals surface area contributed by atoms with Crippen LogP contribution in [0.15, 0.2) is 18.3 Å². The molecule has 1 aromatic heterocycles. The summed E-state index contributed by atoms with van der Waals surface area (Å²) in [4.78, 5) is 29.5. The molecule has 1 saturated heterocycles. The fourth-order valence-corrected chi connectivity index (χ4v) is 2.60. The summed E-state index contributed by atoms with van der Waals surface area (Å²) in [6.45, 7) is 4.43. The van der Waals surface area contributed by atoms with E-state index >= 15 is 0 Å². The van der Waals surface area contributed by atoms with E-state index in [-0.39, 0.29) is 31.3 Å². The van der Waals surface area contributed by atoms with Gasteiger partial charge in [0.25, 0.3) is 0 Å². The van der Waals surface area contributed by atoms with E-state index in [1.165, 1.54) is 11.8 Å². The van der Waals surface area contributed by atoms with Gasteiger partial charge in [0.1, 0.15) is 6.04 Å². The molecule has 1 aliphatic heterocycles. The van der Waals surface area contributed by atoms with Crippen LogP contribution >= 0.6 is 0 Å². The number of hydrogen-bond acceptors (Lipinski definition) is 5. The average molecular weight is 321 g/mol. The van der Waals surface area contributed by atoms with Crippen molar-refractivity contribution < 1.29 is 19.4 Å². The topological polar surface area (TPSA) is 91.8 Å². The van der Waals surface area contributed by atoms with Gasteiger partial charge >= 0.3 is 0 Å². The monoisotopic (exact) mass is 321 g/mol. The first kappa shape index (κ1) is 17.2. The third-order valence-electron chi connectivity index (χ3n) is 3.73. The Morgan fingerprint density at radius 1 is 1.52 bits per heavy atom. The van der Waals surface area contributed by atoms with Crippen molar-refractivity contribution in [2.45, 2.75) is 45.4 Å². The molecule has 0 radical (unpaired) electrons. The minimum Gasteiger partial charge on any atom is -0.477 e. The molecule has 1 fully saturated rings. The first-order valence-corrected chi connectivity index (χ1v) is 7.82. The van der Waals surface area contributed by atoms with E-state index in [1.807, 2.05) is 13.0 Å². The summed E-state index contributed by atoms with van der Waals surface area (Å²) in [6, 6.07) is 2.99. The van der Waals surface area contributed by atoms with Gasteiger partial charge in [0.05, 0.1) is 12.7 Å². The van der Waals surface area contributed by atoms with Crippen molar-refractivity contribution in [2.24, 2.45) is 0 Å². The Kier molecular flexibility index (Phi) is 5.92. The number of hydrogen-bond donors (Lipinski definition) is 2. The van der Waals surface area contributed by atoms with Gasteiger partial charge < -0.3 is 20.1 Å². The smallest absolute Gasteiger partial charge is 0.243 e. The van der Waals surface area contributed by atoms with Gasteiger partial charge in [-0.05, 0) is 12.5 Å². The van der Waals surface area contributed by atoms with Crippen LogP contribution in [0.3, 0.4) is 0 Å². The van der Waals surface area contributed by atoms with Crippen LogP contribution in [-0.4, -0.2) is 52.1 Å². The van der Waals surface area contributed by atoms with E-state index in [4.69, 9.17) is 4.74 Å². The van der Waals surface area contributed by atoms with Gasteiger partial charge in [-0.15, -0.1) is 0 Å². The van der Waals surface area contributed by atoms with E-state index in [1.54, 1.807) is 12.3 Å². The van der Waals surface area contributed by atoms with Crippen LogP contribution in [0.5, 0.6) is 5.88 Å². The van der Waals surface area contributed by atoms with Gasteiger partial charge in [-0.25, -0.2) is 4.98 Å². The Morgan fingerprint density at radius 2 is 2.30 bits per heavy atom. The second kappa shape index (κ2) is 7.92.